The van der Waals surface area contributed by atoms with Gasteiger partial charge in [0.2, 0.25) is 23.6 Å². The maximum absolute atomic E-state index is 13.1. The van der Waals surface area contributed by atoms with E-state index in [-0.39, 0.29) is 12.8 Å². The molecule has 0 aromatic rings. The summed E-state index contributed by atoms with van der Waals surface area (Å²) >= 11 is 3.00. The highest BCUT2D eigenvalue weighted by Gasteiger charge is 2.38. The van der Waals surface area contributed by atoms with E-state index in [0.717, 1.165) is 0 Å². The van der Waals surface area contributed by atoms with Crippen LogP contribution in [0.15, 0.2) is 0 Å². The number of carbonyl (C=O) groups excluding carboxylic acids is 4. The summed E-state index contributed by atoms with van der Waals surface area (Å²) in [5.74, 6) is -2.04. The summed E-state index contributed by atoms with van der Waals surface area (Å²) in [4.78, 5) is 62.3. The van der Waals surface area contributed by atoms with Crippen LogP contribution in [0.25, 0.3) is 0 Å². The van der Waals surface area contributed by atoms with E-state index in [0.29, 0.717) is 43.7 Å². The number of aliphatic carboxylic acids is 1. The van der Waals surface area contributed by atoms with Gasteiger partial charge >= 0.3 is 5.97 Å². The molecular formula is C20H35N5O6S2. The molecule has 4 amide bonds. The number of carbonyl (C=O) groups is 5. The van der Waals surface area contributed by atoms with Crippen molar-refractivity contribution in [2.75, 3.05) is 30.6 Å². The van der Waals surface area contributed by atoms with Crippen LogP contribution in [0.2, 0.25) is 0 Å². The Hall–Kier alpha value is -1.99. The molecule has 0 radical (unpaired) electrons. The van der Waals surface area contributed by atoms with Gasteiger partial charge in [-0.3, -0.25) is 19.2 Å². The second-order valence-electron chi connectivity index (χ2n) is 7.82. The van der Waals surface area contributed by atoms with E-state index in [1.54, 1.807) is 0 Å². The minimum atomic E-state index is -1.06. The first-order valence-electron chi connectivity index (χ1n) is 10.8. The van der Waals surface area contributed by atoms with Crippen molar-refractivity contribution in [3.05, 3.63) is 0 Å². The zero-order valence-corrected chi connectivity index (χ0v) is 20.7. The molecule has 1 aliphatic rings. The van der Waals surface area contributed by atoms with Crippen molar-refractivity contribution >= 4 is 53.1 Å². The van der Waals surface area contributed by atoms with Crippen LogP contribution in [0.1, 0.15) is 38.5 Å². The van der Waals surface area contributed by atoms with Gasteiger partial charge in [-0.1, -0.05) is 0 Å². The van der Waals surface area contributed by atoms with Crippen molar-refractivity contribution < 1.29 is 29.1 Å². The SMILES string of the molecule is CSCCC(NC(=O)C(N)CCC(N)=O)C(=O)NC(CCSC)C(=O)N1CCCC1C(=O)O. The fourth-order valence-electron chi connectivity index (χ4n) is 3.46. The number of hydrogen-bond donors (Lipinski definition) is 5. The van der Waals surface area contributed by atoms with Crippen molar-refractivity contribution in [1.29, 1.82) is 0 Å². The molecule has 4 unspecified atom stereocenters. The van der Waals surface area contributed by atoms with E-state index in [9.17, 15) is 29.1 Å². The second kappa shape index (κ2) is 15.0. The number of carboxylic acid groups (broad SMARTS) is 1. The minimum Gasteiger partial charge on any atom is -0.480 e. The zero-order chi connectivity index (χ0) is 25.0. The summed E-state index contributed by atoms with van der Waals surface area (Å²) in [5.41, 5.74) is 10.9. The van der Waals surface area contributed by atoms with Gasteiger partial charge < -0.3 is 32.1 Å². The van der Waals surface area contributed by atoms with Gasteiger partial charge in [-0.05, 0) is 56.1 Å². The molecule has 1 rings (SSSR count). The minimum absolute atomic E-state index is 0.0535. The highest BCUT2D eigenvalue weighted by atomic mass is 32.2. The van der Waals surface area contributed by atoms with E-state index in [2.05, 4.69) is 10.6 Å². The third-order valence-corrected chi connectivity index (χ3v) is 6.62. The second-order valence-corrected chi connectivity index (χ2v) is 9.80. The number of likely N-dealkylation sites (tertiary alicyclic amines) is 1. The lowest BCUT2D eigenvalue weighted by atomic mass is 10.1. The zero-order valence-electron chi connectivity index (χ0n) is 19.1. The summed E-state index contributed by atoms with van der Waals surface area (Å²) in [6.45, 7) is 0.322. The van der Waals surface area contributed by atoms with Crippen LogP contribution in [-0.4, -0.2) is 94.3 Å². The van der Waals surface area contributed by atoms with E-state index < -0.39 is 53.8 Å². The summed E-state index contributed by atoms with van der Waals surface area (Å²) in [5, 5.41) is 14.7. The highest BCUT2D eigenvalue weighted by Crippen LogP contribution is 2.20. The summed E-state index contributed by atoms with van der Waals surface area (Å²) in [7, 11) is 0. The van der Waals surface area contributed by atoms with E-state index in [1.807, 2.05) is 12.5 Å². The van der Waals surface area contributed by atoms with E-state index in [1.165, 1.54) is 28.4 Å². The largest absolute Gasteiger partial charge is 0.480 e. The van der Waals surface area contributed by atoms with Gasteiger partial charge in [0, 0.05) is 13.0 Å². The lowest BCUT2D eigenvalue weighted by Crippen LogP contribution is -2.57. The average Bonchev–Trinajstić information content (AvgIpc) is 3.27. The van der Waals surface area contributed by atoms with Gasteiger partial charge in [0.1, 0.15) is 18.1 Å². The van der Waals surface area contributed by atoms with Crippen molar-refractivity contribution in [2.24, 2.45) is 11.5 Å². The van der Waals surface area contributed by atoms with Gasteiger partial charge in [-0.25, -0.2) is 4.79 Å². The molecule has 0 bridgehead atoms. The number of nitrogens with zero attached hydrogens (tertiary/aromatic N) is 1. The van der Waals surface area contributed by atoms with Gasteiger partial charge in [0.25, 0.3) is 0 Å². The summed E-state index contributed by atoms with van der Waals surface area (Å²) in [6, 6.07) is -3.73. The van der Waals surface area contributed by atoms with Gasteiger partial charge in [0.15, 0.2) is 0 Å². The van der Waals surface area contributed by atoms with Crippen LogP contribution in [0.4, 0.5) is 0 Å². The maximum Gasteiger partial charge on any atom is 0.326 e. The van der Waals surface area contributed by atoms with Gasteiger partial charge in [-0.2, -0.15) is 23.5 Å². The topological polar surface area (TPSA) is 185 Å². The molecule has 0 aromatic carbocycles. The third kappa shape index (κ3) is 9.80. The fraction of sp³-hybridized carbons (Fsp3) is 0.750. The van der Waals surface area contributed by atoms with Crippen molar-refractivity contribution in [3.63, 3.8) is 0 Å². The number of rotatable bonds is 15. The molecule has 7 N–H and O–H groups in total. The quantitative estimate of drug-likeness (QED) is 0.189. The number of nitrogens with one attached hydrogen (secondary N) is 2. The number of hydrogen-bond acceptors (Lipinski definition) is 8. The molecule has 1 saturated heterocycles. The highest BCUT2D eigenvalue weighted by molar-refractivity contribution is 7.98. The molecular weight excluding hydrogens is 470 g/mol. The van der Waals surface area contributed by atoms with E-state index >= 15 is 0 Å². The van der Waals surface area contributed by atoms with Gasteiger partial charge in [-0.15, -0.1) is 0 Å². The predicted molar refractivity (Wildman–Crippen MR) is 129 cm³/mol. The Morgan fingerprint density at radius 2 is 1.58 bits per heavy atom. The number of thioether (sulfide) groups is 2. The van der Waals surface area contributed by atoms with Crippen LogP contribution in [0.5, 0.6) is 0 Å². The smallest absolute Gasteiger partial charge is 0.326 e. The molecule has 11 nitrogen and oxygen atoms in total. The Labute approximate surface area is 202 Å². The van der Waals surface area contributed by atoms with Crippen LogP contribution in [0, 0.1) is 0 Å². The third-order valence-electron chi connectivity index (χ3n) is 5.33. The lowest BCUT2D eigenvalue weighted by molar-refractivity contribution is -0.149. The lowest BCUT2D eigenvalue weighted by Gasteiger charge is -2.29. The summed E-state index contributed by atoms with van der Waals surface area (Å²) < 4.78 is 0. The molecule has 0 aliphatic carbocycles. The Kier molecular flexibility index (Phi) is 13.2. The first-order valence-corrected chi connectivity index (χ1v) is 13.6. The molecule has 1 fully saturated rings. The van der Waals surface area contributed by atoms with Crippen LogP contribution < -0.4 is 22.1 Å². The Morgan fingerprint density at radius 1 is 1.00 bits per heavy atom. The number of amides is 4. The van der Waals surface area contributed by atoms with Crippen molar-refractivity contribution in [3.8, 4) is 0 Å². The number of carboxylic acids is 1. The van der Waals surface area contributed by atoms with E-state index in [4.69, 9.17) is 11.5 Å². The molecule has 33 heavy (non-hydrogen) atoms. The number of primary amides is 1. The normalized spacial score (nSPS) is 18.3. The van der Waals surface area contributed by atoms with Crippen LogP contribution in [-0.2, 0) is 24.0 Å². The molecule has 188 valence electrons. The Bertz CT molecular complexity index is 710. The molecule has 0 aromatic heterocycles. The molecule has 0 spiro atoms. The van der Waals surface area contributed by atoms with Crippen LogP contribution in [0.3, 0.4) is 0 Å². The van der Waals surface area contributed by atoms with Gasteiger partial charge in [0.05, 0.1) is 6.04 Å². The first kappa shape index (κ1) is 29.0. The van der Waals surface area contributed by atoms with Crippen molar-refractivity contribution in [1.82, 2.24) is 15.5 Å². The monoisotopic (exact) mass is 505 g/mol. The van der Waals surface area contributed by atoms with Crippen molar-refractivity contribution in [2.45, 2.75) is 62.7 Å². The Balaban J connectivity index is 2.91. The average molecular weight is 506 g/mol. The molecule has 4 atom stereocenters. The molecule has 13 heteroatoms. The Morgan fingerprint density at radius 3 is 2.12 bits per heavy atom. The summed E-state index contributed by atoms with van der Waals surface area (Å²) in [6.07, 6.45) is 5.33. The predicted octanol–water partition coefficient (Wildman–Crippen LogP) is -0.869. The molecule has 1 heterocycles. The van der Waals surface area contributed by atoms with Crippen LogP contribution >= 0.6 is 23.5 Å². The molecule has 0 saturated carbocycles. The molecule has 1 aliphatic heterocycles. The maximum atomic E-state index is 13.1. The standard InChI is InChI=1S/C20H35N5O6S2/c1-32-10-7-13(23-17(27)12(21)5-6-16(22)26)18(28)24-14(8-11-33-2)19(29)25-9-3-4-15(25)20(30)31/h12-15H,3-11,21H2,1-2H3,(H2,22,26)(H,23,27)(H,24,28)(H,30,31). The first-order chi connectivity index (χ1) is 15.6. The number of nitrogens with two attached hydrogens (primary N) is 2. The fourth-order valence-corrected chi connectivity index (χ4v) is 4.41.